The standard InChI is InChI=1S/C16H24FN3O/c1-11(18)16(13-4-3-5-14(17)10-13)20-8-6-15(7-9-20)19-12(2)21/h3-5,10-11,15-16H,6-9,18H2,1-2H3,(H,19,21). The number of carbonyl (C=O) groups excluding carboxylic acids is 1. The van der Waals surface area contributed by atoms with Crippen molar-refractivity contribution < 1.29 is 9.18 Å². The van der Waals surface area contributed by atoms with Crippen LogP contribution in [0.25, 0.3) is 0 Å². The van der Waals surface area contributed by atoms with Gasteiger partial charge in [0.25, 0.3) is 0 Å². The third-order valence-corrected chi connectivity index (χ3v) is 4.02. The van der Waals surface area contributed by atoms with Crippen LogP contribution in [-0.4, -0.2) is 36.0 Å². The summed E-state index contributed by atoms with van der Waals surface area (Å²) in [4.78, 5) is 13.4. The molecule has 0 spiro atoms. The van der Waals surface area contributed by atoms with Gasteiger partial charge in [-0.25, -0.2) is 4.39 Å². The van der Waals surface area contributed by atoms with Crippen molar-refractivity contribution in [2.75, 3.05) is 13.1 Å². The Labute approximate surface area is 125 Å². The normalized spacial score (nSPS) is 20.0. The van der Waals surface area contributed by atoms with Crippen LogP contribution in [-0.2, 0) is 4.79 Å². The molecule has 1 heterocycles. The zero-order valence-electron chi connectivity index (χ0n) is 12.7. The maximum absolute atomic E-state index is 13.5. The Balaban J connectivity index is 2.06. The molecule has 3 N–H and O–H groups in total. The Hall–Kier alpha value is -1.46. The number of nitrogens with zero attached hydrogens (tertiary/aromatic N) is 1. The summed E-state index contributed by atoms with van der Waals surface area (Å²) >= 11 is 0. The van der Waals surface area contributed by atoms with E-state index in [0.29, 0.717) is 0 Å². The van der Waals surface area contributed by atoms with Crippen LogP contribution in [0.3, 0.4) is 0 Å². The van der Waals surface area contributed by atoms with E-state index in [1.807, 2.05) is 13.0 Å². The molecule has 0 bridgehead atoms. The molecule has 4 nitrogen and oxygen atoms in total. The molecule has 1 amide bonds. The first-order valence-electron chi connectivity index (χ1n) is 7.49. The first-order valence-corrected chi connectivity index (χ1v) is 7.49. The van der Waals surface area contributed by atoms with Crippen molar-refractivity contribution in [3.05, 3.63) is 35.6 Å². The number of rotatable bonds is 4. The molecule has 0 saturated carbocycles. The van der Waals surface area contributed by atoms with E-state index in [1.54, 1.807) is 19.1 Å². The maximum Gasteiger partial charge on any atom is 0.217 e. The summed E-state index contributed by atoms with van der Waals surface area (Å²) in [6.45, 7) is 5.21. The van der Waals surface area contributed by atoms with Crippen molar-refractivity contribution in [3.63, 3.8) is 0 Å². The average molecular weight is 293 g/mol. The van der Waals surface area contributed by atoms with E-state index < -0.39 is 0 Å². The van der Waals surface area contributed by atoms with E-state index in [4.69, 9.17) is 5.73 Å². The minimum Gasteiger partial charge on any atom is -0.354 e. The molecular formula is C16H24FN3O. The van der Waals surface area contributed by atoms with Crippen LogP contribution >= 0.6 is 0 Å². The third-order valence-electron chi connectivity index (χ3n) is 4.02. The number of hydrogen-bond acceptors (Lipinski definition) is 3. The van der Waals surface area contributed by atoms with Gasteiger partial charge >= 0.3 is 0 Å². The predicted molar refractivity (Wildman–Crippen MR) is 81.2 cm³/mol. The monoisotopic (exact) mass is 293 g/mol. The molecule has 1 aromatic rings. The molecule has 2 rings (SSSR count). The zero-order valence-corrected chi connectivity index (χ0v) is 12.7. The Morgan fingerprint density at radius 2 is 2.10 bits per heavy atom. The van der Waals surface area contributed by atoms with Crippen LogP contribution in [0.1, 0.15) is 38.3 Å². The van der Waals surface area contributed by atoms with Crippen LogP contribution in [0, 0.1) is 5.82 Å². The molecule has 0 aromatic heterocycles. The molecule has 1 saturated heterocycles. The fourth-order valence-electron chi connectivity index (χ4n) is 3.15. The second-order valence-electron chi connectivity index (χ2n) is 5.87. The number of hydrogen-bond donors (Lipinski definition) is 2. The van der Waals surface area contributed by atoms with Gasteiger partial charge in [-0.15, -0.1) is 0 Å². The summed E-state index contributed by atoms with van der Waals surface area (Å²) in [6, 6.07) is 6.84. The predicted octanol–water partition coefficient (Wildman–Crippen LogP) is 1.81. The van der Waals surface area contributed by atoms with Gasteiger partial charge in [0.15, 0.2) is 0 Å². The smallest absolute Gasteiger partial charge is 0.217 e. The number of halogens is 1. The molecule has 1 fully saturated rings. The van der Waals surface area contributed by atoms with Gasteiger partial charge in [0, 0.05) is 38.1 Å². The summed E-state index contributed by atoms with van der Waals surface area (Å²) in [7, 11) is 0. The number of likely N-dealkylation sites (tertiary alicyclic amines) is 1. The van der Waals surface area contributed by atoms with Gasteiger partial charge in [-0.2, -0.15) is 0 Å². The highest BCUT2D eigenvalue weighted by Crippen LogP contribution is 2.27. The van der Waals surface area contributed by atoms with Crippen LogP contribution in [0.2, 0.25) is 0 Å². The Morgan fingerprint density at radius 3 is 2.62 bits per heavy atom. The molecule has 1 aliphatic rings. The Kier molecular flexibility index (Phi) is 5.31. The summed E-state index contributed by atoms with van der Waals surface area (Å²) in [5.41, 5.74) is 7.05. The molecule has 2 atom stereocenters. The van der Waals surface area contributed by atoms with E-state index in [0.717, 1.165) is 31.5 Å². The van der Waals surface area contributed by atoms with E-state index in [9.17, 15) is 9.18 Å². The fourth-order valence-corrected chi connectivity index (χ4v) is 3.15. The molecule has 1 aromatic carbocycles. The number of piperidine rings is 1. The second kappa shape index (κ2) is 7.00. The quantitative estimate of drug-likeness (QED) is 0.890. The lowest BCUT2D eigenvalue weighted by Gasteiger charge is -2.39. The number of carbonyl (C=O) groups is 1. The van der Waals surface area contributed by atoms with Crippen molar-refractivity contribution in [1.29, 1.82) is 0 Å². The molecule has 0 aliphatic carbocycles. The van der Waals surface area contributed by atoms with Gasteiger partial charge < -0.3 is 11.1 Å². The summed E-state index contributed by atoms with van der Waals surface area (Å²) in [6.07, 6.45) is 1.80. The Morgan fingerprint density at radius 1 is 1.43 bits per heavy atom. The number of nitrogens with two attached hydrogens (primary N) is 1. The van der Waals surface area contributed by atoms with Crippen molar-refractivity contribution in [3.8, 4) is 0 Å². The summed E-state index contributed by atoms with van der Waals surface area (Å²) in [5.74, 6) is -0.214. The summed E-state index contributed by atoms with van der Waals surface area (Å²) < 4.78 is 13.5. The highest BCUT2D eigenvalue weighted by molar-refractivity contribution is 5.73. The highest BCUT2D eigenvalue weighted by Gasteiger charge is 2.28. The van der Waals surface area contributed by atoms with E-state index in [-0.39, 0.29) is 29.8 Å². The molecule has 116 valence electrons. The molecule has 5 heteroatoms. The third kappa shape index (κ3) is 4.25. The number of benzene rings is 1. The first-order chi connectivity index (χ1) is 9.97. The SMILES string of the molecule is CC(=O)NC1CCN(C(c2cccc(F)c2)C(C)N)CC1. The second-order valence-corrected chi connectivity index (χ2v) is 5.87. The molecule has 2 unspecified atom stereocenters. The van der Waals surface area contributed by atoms with Crippen LogP contribution in [0.5, 0.6) is 0 Å². The van der Waals surface area contributed by atoms with Gasteiger partial charge in [-0.1, -0.05) is 12.1 Å². The van der Waals surface area contributed by atoms with Crippen LogP contribution in [0.15, 0.2) is 24.3 Å². The highest BCUT2D eigenvalue weighted by atomic mass is 19.1. The van der Waals surface area contributed by atoms with Crippen molar-refractivity contribution in [2.24, 2.45) is 5.73 Å². The van der Waals surface area contributed by atoms with Gasteiger partial charge in [-0.3, -0.25) is 9.69 Å². The lowest BCUT2D eigenvalue weighted by Crippen LogP contribution is -2.48. The zero-order chi connectivity index (χ0) is 15.4. The van der Waals surface area contributed by atoms with Crippen LogP contribution in [0.4, 0.5) is 4.39 Å². The number of amides is 1. The van der Waals surface area contributed by atoms with Crippen molar-refractivity contribution >= 4 is 5.91 Å². The van der Waals surface area contributed by atoms with E-state index in [2.05, 4.69) is 10.2 Å². The van der Waals surface area contributed by atoms with Gasteiger partial charge in [-0.05, 0) is 37.5 Å². The first kappa shape index (κ1) is 15.9. The van der Waals surface area contributed by atoms with Gasteiger partial charge in [0.2, 0.25) is 5.91 Å². The summed E-state index contributed by atoms with van der Waals surface area (Å²) in [5, 5.41) is 2.96. The molecular weight excluding hydrogens is 269 g/mol. The molecule has 1 aliphatic heterocycles. The molecule has 0 radical (unpaired) electrons. The van der Waals surface area contributed by atoms with Crippen molar-refractivity contribution in [2.45, 2.75) is 44.8 Å². The number of nitrogens with one attached hydrogen (secondary N) is 1. The topological polar surface area (TPSA) is 58.4 Å². The van der Waals surface area contributed by atoms with Gasteiger partial charge in [0.05, 0.1) is 0 Å². The lowest BCUT2D eigenvalue weighted by molar-refractivity contribution is -0.120. The van der Waals surface area contributed by atoms with Gasteiger partial charge in [0.1, 0.15) is 5.82 Å². The van der Waals surface area contributed by atoms with Crippen LogP contribution < -0.4 is 11.1 Å². The minimum atomic E-state index is -0.230. The van der Waals surface area contributed by atoms with E-state index in [1.165, 1.54) is 6.07 Å². The maximum atomic E-state index is 13.5. The largest absolute Gasteiger partial charge is 0.354 e. The molecule has 21 heavy (non-hydrogen) atoms. The average Bonchev–Trinajstić information content (AvgIpc) is 2.40. The Bertz CT molecular complexity index is 484. The minimum absolute atomic E-state index is 0.0129. The van der Waals surface area contributed by atoms with Crippen molar-refractivity contribution in [1.82, 2.24) is 10.2 Å². The fraction of sp³-hybridized carbons (Fsp3) is 0.562. The lowest BCUT2D eigenvalue weighted by atomic mass is 9.95. The van der Waals surface area contributed by atoms with E-state index >= 15 is 0 Å².